The minimum atomic E-state index is 0.0621. The van der Waals surface area contributed by atoms with E-state index in [2.05, 4.69) is 22.4 Å². The zero-order chi connectivity index (χ0) is 18.8. The highest BCUT2D eigenvalue weighted by Gasteiger charge is 2.23. The summed E-state index contributed by atoms with van der Waals surface area (Å²) in [5.74, 6) is 2.30. The quantitative estimate of drug-likeness (QED) is 0.673. The van der Waals surface area contributed by atoms with Crippen molar-refractivity contribution in [2.75, 3.05) is 5.75 Å². The van der Waals surface area contributed by atoms with E-state index in [0.717, 1.165) is 17.4 Å². The number of nitrogens with one attached hydrogen (secondary N) is 1. The second-order valence-electron chi connectivity index (χ2n) is 7.24. The molecule has 1 N–H and O–H groups in total. The van der Waals surface area contributed by atoms with E-state index in [4.69, 9.17) is 4.42 Å². The fourth-order valence-electron chi connectivity index (χ4n) is 3.66. The van der Waals surface area contributed by atoms with E-state index >= 15 is 0 Å². The number of fused-ring (bicyclic) bond motifs is 1. The highest BCUT2D eigenvalue weighted by molar-refractivity contribution is 7.99. The molecule has 2 aromatic heterocycles. The van der Waals surface area contributed by atoms with E-state index < -0.39 is 0 Å². The number of amides is 1. The predicted molar refractivity (Wildman–Crippen MR) is 106 cm³/mol. The molecule has 142 valence electrons. The van der Waals surface area contributed by atoms with Crippen LogP contribution in [0.3, 0.4) is 0 Å². The first-order valence-electron chi connectivity index (χ1n) is 9.42. The molecule has 3 aromatic rings. The second-order valence-corrected chi connectivity index (χ2v) is 8.18. The van der Waals surface area contributed by atoms with Crippen molar-refractivity contribution in [3.05, 3.63) is 30.3 Å². The number of hydrogen-bond acceptors (Lipinski definition) is 5. The molecule has 1 fully saturated rings. The summed E-state index contributed by atoms with van der Waals surface area (Å²) in [6.07, 6.45) is 4.75. The maximum atomic E-state index is 12.3. The molecule has 2 atom stereocenters. The van der Waals surface area contributed by atoms with Crippen LogP contribution in [0.15, 0.2) is 39.9 Å². The summed E-state index contributed by atoms with van der Waals surface area (Å²) in [7, 11) is 1.89. The van der Waals surface area contributed by atoms with Crippen LogP contribution in [0.5, 0.6) is 0 Å². The third kappa shape index (κ3) is 3.88. The lowest BCUT2D eigenvalue weighted by Crippen LogP contribution is -2.41. The van der Waals surface area contributed by atoms with Crippen LogP contribution in [-0.4, -0.2) is 32.5 Å². The van der Waals surface area contributed by atoms with Crippen molar-refractivity contribution in [1.82, 2.24) is 20.1 Å². The lowest BCUT2D eigenvalue weighted by atomic mass is 9.86. The highest BCUT2D eigenvalue weighted by Crippen LogP contribution is 2.28. The minimum absolute atomic E-state index is 0.0621. The van der Waals surface area contributed by atoms with Gasteiger partial charge in [0.2, 0.25) is 5.91 Å². The SMILES string of the molecule is C[C@H]1CCCC[C@H]1NC(=O)CSc1nnc(-c2cc3ccccc3o2)n1C. The molecule has 0 bridgehead atoms. The Labute approximate surface area is 162 Å². The molecule has 1 aliphatic rings. The Balaban J connectivity index is 1.41. The van der Waals surface area contributed by atoms with Crippen molar-refractivity contribution in [1.29, 1.82) is 0 Å². The van der Waals surface area contributed by atoms with Gasteiger partial charge in [-0.2, -0.15) is 0 Å². The van der Waals surface area contributed by atoms with Crippen molar-refractivity contribution in [2.45, 2.75) is 43.8 Å². The maximum absolute atomic E-state index is 12.3. The Morgan fingerprint density at radius 1 is 1.30 bits per heavy atom. The Kier molecular flexibility index (Phi) is 5.20. The van der Waals surface area contributed by atoms with Crippen LogP contribution < -0.4 is 5.32 Å². The topological polar surface area (TPSA) is 73.0 Å². The monoisotopic (exact) mass is 384 g/mol. The number of carbonyl (C=O) groups excluding carboxylic acids is 1. The molecule has 1 aliphatic carbocycles. The zero-order valence-electron chi connectivity index (χ0n) is 15.6. The summed E-state index contributed by atoms with van der Waals surface area (Å²) >= 11 is 1.40. The van der Waals surface area contributed by atoms with E-state index in [9.17, 15) is 4.79 Å². The normalized spacial score (nSPS) is 20.1. The number of rotatable bonds is 5. The maximum Gasteiger partial charge on any atom is 0.230 e. The molecule has 0 spiro atoms. The van der Waals surface area contributed by atoms with Gasteiger partial charge in [-0.05, 0) is 30.9 Å². The molecule has 1 aromatic carbocycles. The number of thioether (sulfide) groups is 1. The predicted octanol–water partition coefficient (Wildman–Crippen LogP) is 4.02. The number of furan rings is 1. The average molecular weight is 385 g/mol. The number of benzene rings is 1. The first-order chi connectivity index (χ1) is 13.1. The zero-order valence-corrected chi connectivity index (χ0v) is 16.5. The van der Waals surface area contributed by atoms with Gasteiger partial charge in [-0.3, -0.25) is 4.79 Å². The van der Waals surface area contributed by atoms with Crippen molar-refractivity contribution in [3.63, 3.8) is 0 Å². The molecule has 4 rings (SSSR count). The van der Waals surface area contributed by atoms with Crippen molar-refractivity contribution in [3.8, 4) is 11.6 Å². The number of carbonyl (C=O) groups is 1. The van der Waals surface area contributed by atoms with Crippen molar-refractivity contribution >= 4 is 28.6 Å². The standard InChI is InChI=1S/C20H24N4O2S/c1-13-7-3-5-9-15(13)21-18(25)12-27-20-23-22-19(24(20)2)17-11-14-8-4-6-10-16(14)26-17/h4,6,8,10-11,13,15H,3,5,7,9,12H2,1-2H3,(H,21,25)/t13-,15+/m0/s1. The molecular formula is C20H24N4O2S. The largest absolute Gasteiger partial charge is 0.453 e. The Morgan fingerprint density at radius 3 is 2.93 bits per heavy atom. The molecular weight excluding hydrogens is 360 g/mol. The first kappa shape index (κ1) is 18.1. The van der Waals surface area contributed by atoms with Crippen LogP contribution in [0.1, 0.15) is 32.6 Å². The van der Waals surface area contributed by atoms with E-state index in [1.54, 1.807) is 0 Å². The van der Waals surface area contributed by atoms with Gasteiger partial charge in [0.15, 0.2) is 16.7 Å². The second kappa shape index (κ2) is 7.76. The summed E-state index contributed by atoms with van der Waals surface area (Å²) in [4.78, 5) is 12.3. The smallest absolute Gasteiger partial charge is 0.230 e. The van der Waals surface area contributed by atoms with E-state index in [1.165, 1.54) is 31.0 Å². The van der Waals surface area contributed by atoms with Gasteiger partial charge in [-0.15, -0.1) is 10.2 Å². The molecule has 2 heterocycles. The van der Waals surface area contributed by atoms with Crippen molar-refractivity contribution < 1.29 is 9.21 Å². The number of hydrogen-bond donors (Lipinski definition) is 1. The van der Waals surface area contributed by atoms with E-state index in [-0.39, 0.29) is 5.91 Å². The Hall–Kier alpha value is -2.28. The molecule has 0 saturated heterocycles. The first-order valence-corrected chi connectivity index (χ1v) is 10.4. The van der Waals surface area contributed by atoms with Gasteiger partial charge < -0.3 is 14.3 Å². The van der Waals surface area contributed by atoms with Crippen LogP contribution in [0.4, 0.5) is 0 Å². The van der Waals surface area contributed by atoms with Crippen LogP contribution in [0.25, 0.3) is 22.6 Å². The van der Waals surface area contributed by atoms with E-state index in [0.29, 0.717) is 34.5 Å². The third-order valence-electron chi connectivity index (χ3n) is 5.27. The van der Waals surface area contributed by atoms with Gasteiger partial charge in [0.25, 0.3) is 0 Å². The van der Waals surface area contributed by atoms with Crippen LogP contribution in [-0.2, 0) is 11.8 Å². The minimum Gasteiger partial charge on any atom is -0.453 e. The third-order valence-corrected chi connectivity index (χ3v) is 6.29. The van der Waals surface area contributed by atoms with Gasteiger partial charge in [0.05, 0.1) is 5.75 Å². The van der Waals surface area contributed by atoms with Gasteiger partial charge >= 0.3 is 0 Å². The lowest BCUT2D eigenvalue weighted by molar-refractivity contribution is -0.119. The highest BCUT2D eigenvalue weighted by atomic mass is 32.2. The van der Waals surface area contributed by atoms with Gasteiger partial charge in [0.1, 0.15) is 5.58 Å². The number of aromatic nitrogens is 3. The fourth-order valence-corrected chi connectivity index (χ4v) is 4.38. The molecule has 0 radical (unpaired) electrons. The summed E-state index contributed by atoms with van der Waals surface area (Å²) in [6, 6.07) is 10.1. The van der Waals surface area contributed by atoms with Crippen LogP contribution >= 0.6 is 11.8 Å². The average Bonchev–Trinajstić information content (AvgIpc) is 3.25. The molecule has 0 aliphatic heterocycles. The Morgan fingerprint density at radius 2 is 2.11 bits per heavy atom. The van der Waals surface area contributed by atoms with Gasteiger partial charge in [-0.25, -0.2) is 0 Å². The summed E-state index contributed by atoms with van der Waals surface area (Å²) < 4.78 is 7.75. The summed E-state index contributed by atoms with van der Waals surface area (Å²) in [6.45, 7) is 2.22. The van der Waals surface area contributed by atoms with Crippen LogP contribution in [0.2, 0.25) is 0 Å². The van der Waals surface area contributed by atoms with Gasteiger partial charge in [-0.1, -0.05) is 49.7 Å². The molecule has 7 heteroatoms. The molecule has 0 unspecified atom stereocenters. The molecule has 6 nitrogen and oxygen atoms in total. The number of nitrogens with zero attached hydrogens (tertiary/aromatic N) is 3. The lowest BCUT2D eigenvalue weighted by Gasteiger charge is -2.29. The Bertz CT molecular complexity index is 916. The fraction of sp³-hybridized carbons (Fsp3) is 0.450. The number of para-hydroxylation sites is 1. The summed E-state index contributed by atoms with van der Waals surface area (Å²) in [5, 5.41) is 13.4. The molecule has 27 heavy (non-hydrogen) atoms. The van der Waals surface area contributed by atoms with Crippen LogP contribution in [0, 0.1) is 5.92 Å². The van der Waals surface area contributed by atoms with Crippen molar-refractivity contribution in [2.24, 2.45) is 13.0 Å². The van der Waals surface area contributed by atoms with Gasteiger partial charge in [0, 0.05) is 18.5 Å². The summed E-state index contributed by atoms with van der Waals surface area (Å²) in [5.41, 5.74) is 0.825. The molecule has 1 saturated carbocycles. The molecule has 1 amide bonds. The van der Waals surface area contributed by atoms with E-state index in [1.807, 2.05) is 41.9 Å².